The maximum absolute atomic E-state index is 12.7. The van der Waals surface area contributed by atoms with Crippen LogP contribution in [0.5, 0.6) is 0 Å². The third-order valence-electron chi connectivity index (χ3n) is 4.96. The second kappa shape index (κ2) is 7.95. The number of anilines is 1. The molecule has 1 saturated heterocycles. The van der Waals surface area contributed by atoms with Gasteiger partial charge in [0.2, 0.25) is 5.91 Å². The third-order valence-corrected chi connectivity index (χ3v) is 4.96. The predicted octanol–water partition coefficient (Wildman–Crippen LogP) is 3.01. The normalized spacial score (nSPS) is 20.3. The molecule has 1 fully saturated rings. The van der Waals surface area contributed by atoms with E-state index in [1.165, 1.54) is 0 Å². The van der Waals surface area contributed by atoms with E-state index < -0.39 is 0 Å². The predicted molar refractivity (Wildman–Crippen MR) is 105 cm³/mol. The molecule has 0 spiro atoms. The average Bonchev–Trinajstić information content (AvgIpc) is 2.84. The first-order valence-corrected chi connectivity index (χ1v) is 9.25. The van der Waals surface area contributed by atoms with Gasteiger partial charge in [-0.2, -0.15) is 5.26 Å². The summed E-state index contributed by atoms with van der Waals surface area (Å²) >= 11 is 0. The fourth-order valence-electron chi connectivity index (χ4n) is 3.75. The maximum Gasteiger partial charge on any atom is 0.239 e. The highest BCUT2D eigenvalue weighted by Gasteiger charge is 2.25. The van der Waals surface area contributed by atoms with E-state index in [0.29, 0.717) is 11.4 Å². The summed E-state index contributed by atoms with van der Waals surface area (Å²) in [6.45, 7) is 9.63. The molecule has 3 rings (SSSR count). The van der Waals surface area contributed by atoms with E-state index in [0.717, 1.165) is 30.0 Å². The Balaban J connectivity index is 1.87. The maximum atomic E-state index is 12.7. The van der Waals surface area contributed by atoms with Crippen molar-refractivity contribution in [3.8, 4) is 11.8 Å². The molecule has 1 aliphatic heterocycles. The minimum Gasteiger partial charge on any atom is -0.373 e. The lowest BCUT2D eigenvalue weighted by atomic mass is 10.2. The van der Waals surface area contributed by atoms with E-state index in [4.69, 9.17) is 4.74 Å². The number of nitrogens with one attached hydrogen (secondary N) is 1. The van der Waals surface area contributed by atoms with Gasteiger partial charge in [-0.3, -0.25) is 14.3 Å². The van der Waals surface area contributed by atoms with Crippen molar-refractivity contribution in [2.24, 2.45) is 0 Å². The van der Waals surface area contributed by atoms with Gasteiger partial charge < -0.3 is 10.1 Å². The molecule has 1 aliphatic rings. The number of benzene rings is 1. The van der Waals surface area contributed by atoms with Crippen molar-refractivity contribution in [1.29, 1.82) is 5.26 Å². The summed E-state index contributed by atoms with van der Waals surface area (Å²) in [5.74, 6) is 0.417. The van der Waals surface area contributed by atoms with Gasteiger partial charge in [-0.15, -0.1) is 0 Å². The molecular formula is C21H26N4O2. The van der Waals surface area contributed by atoms with Crippen molar-refractivity contribution >= 4 is 11.7 Å². The minimum atomic E-state index is -0.123. The molecule has 0 radical (unpaired) electrons. The molecule has 2 aromatic rings. The first-order valence-electron chi connectivity index (χ1n) is 9.25. The summed E-state index contributed by atoms with van der Waals surface area (Å²) < 4.78 is 7.67. The minimum absolute atomic E-state index is 0.105. The van der Waals surface area contributed by atoms with Crippen LogP contribution in [0.15, 0.2) is 30.3 Å². The number of carbonyl (C=O) groups excluding carboxylic acids is 1. The van der Waals surface area contributed by atoms with Crippen LogP contribution >= 0.6 is 0 Å². The fraction of sp³-hybridized carbons (Fsp3) is 0.429. The SMILES string of the molecule is Cc1c(C#N)c(NC(=O)CN2CC(C)OC(C)C2)n(-c2ccccc2)c1C. The number of hydrogen-bond acceptors (Lipinski definition) is 4. The Morgan fingerprint density at radius 2 is 1.85 bits per heavy atom. The molecule has 2 atom stereocenters. The summed E-state index contributed by atoms with van der Waals surface area (Å²) in [7, 11) is 0. The Labute approximate surface area is 160 Å². The largest absolute Gasteiger partial charge is 0.373 e. The topological polar surface area (TPSA) is 70.3 Å². The van der Waals surface area contributed by atoms with E-state index in [-0.39, 0.29) is 24.7 Å². The molecule has 1 N–H and O–H groups in total. The van der Waals surface area contributed by atoms with Gasteiger partial charge in [0.25, 0.3) is 0 Å². The molecule has 1 aromatic heterocycles. The standard InChI is InChI=1S/C21H26N4O2/c1-14-11-24(12-15(2)27-14)13-20(26)23-21-19(10-22)16(3)17(4)25(21)18-8-6-5-7-9-18/h5-9,14-15H,11-13H2,1-4H3,(H,23,26). The number of aromatic nitrogens is 1. The number of ether oxygens (including phenoxy) is 1. The van der Waals surface area contributed by atoms with Gasteiger partial charge in [-0.25, -0.2) is 0 Å². The van der Waals surface area contributed by atoms with Gasteiger partial charge in [0, 0.05) is 24.5 Å². The molecular weight excluding hydrogens is 340 g/mol. The van der Waals surface area contributed by atoms with E-state index in [2.05, 4.69) is 16.3 Å². The Bertz CT molecular complexity index is 857. The van der Waals surface area contributed by atoms with E-state index in [9.17, 15) is 10.1 Å². The lowest BCUT2D eigenvalue weighted by Crippen LogP contribution is -2.48. The lowest BCUT2D eigenvalue weighted by molar-refractivity contribution is -0.121. The number of nitrogens with zero attached hydrogens (tertiary/aromatic N) is 3. The van der Waals surface area contributed by atoms with Gasteiger partial charge in [0.05, 0.1) is 24.3 Å². The highest BCUT2D eigenvalue weighted by atomic mass is 16.5. The van der Waals surface area contributed by atoms with Crippen LogP contribution in [0.25, 0.3) is 5.69 Å². The molecule has 0 saturated carbocycles. The van der Waals surface area contributed by atoms with Crippen molar-refractivity contribution in [2.45, 2.75) is 39.9 Å². The second-order valence-corrected chi connectivity index (χ2v) is 7.22. The molecule has 2 unspecified atom stereocenters. The van der Waals surface area contributed by atoms with E-state index in [1.807, 2.05) is 62.6 Å². The molecule has 27 heavy (non-hydrogen) atoms. The zero-order chi connectivity index (χ0) is 19.6. The summed E-state index contributed by atoms with van der Waals surface area (Å²) in [6, 6.07) is 12.0. The van der Waals surface area contributed by atoms with E-state index in [1.54, 1.807) is 0 Å². The first-order chi connectivity index (χ1) is 12.9. The number of para-hydroxylation sites is 1. The Morgan fingerprint density at radius 3 is 2.44 bits per heavy atom. The van der Waals surface area contributed by atoms with Crippen molar-refractivity contribution in [2.75, 3.05) is 25.0 Å². The molecule has 6 nitrogen and oxygen atoms in total. The molecule has 2 heterocycles. The van der Waals surface area contributed by atoms with Crippen LogP contribution in [-0.2, 0) is 9.53 Å². The molecule has 6 heteroatoms. The highest BCUT2D eigenvalue weighted by molar-refractivity contribution is 5.93. The Kier molecular flexibility index (Phi) is 5.64. The van der Waals surface area contributed by atoms with Gasteiger partial charge in [0.1, 0.15) is 11.9 Å². The van der Waals surface area contributed by atoms with Crippen LogP contribution in [-0.4, -0.2) is 47.2 Å². The molecule has 1 amide bonds. The number of carbonyl (C=O) groups is 1. The fourth-order valence-corrected chi connectivity index (χ4v) is 3.75. The average molecular weight is 366 g/mol. The Morgan fingerprint density at radius 1 is 1.22 bits per heavy atom. The van der Waals surface area contributed by atoms with Crippen LogP contribution < -0.4 is 5.32 Å². The first kappa shape index (κ1) is 19.2. The van der Waals surface area contributed by atoms with Crippen molar-refractivity contribution in [3.63, 3.8) is 0 Å². The van der Waals surface area contributed by atoms with Crippen LogP contribution in [0.4, 0.5) is 5.82 Å². The van der Waals surface area contributed by atoms with Crippen LogP contribution in [0.3, 0.4) is 0 Å². The third kappa shape index (κ3) is 4.05. The quantitative estimate of drug-likeness (QED) is 0.903. The number of amides is 1. The smallest absolute Gasteiger partial charge is 0.239 e. The summed E-state index contributed by atoms with van der Waals surface area (Å²) in [4.78, 5) is 14.8. The van der Waals surface area contributed by atoms with Crippen molar-refractivity contribution in [1.82, 2.24) is 9.47 Å². The van der Waals surface area contributed by atoms with Crippen LogP contribution in [0.2, 0.25) is 0 Å². The van der Waals surface area contributed by atoms with Gasteiger partial charge in [0.15, 0.2) is 0 Å². The Hall–Kier alpha value is -2.62. The zero-order valence-corrected chi connectivity index (χ0v) is 16.3. The zero-order valence-electron chi connectivity index (χ0n) is 16.3. The number of hydrogen-bond donors (Lipinski definition) is 1. The summed E-state index contributed by atoms with van der Waals surface area (Å²) in [5, 5.41) is 12.6. The summed E-state index contributed by atoms with van der Waals surface area (Å²) in [6.07, 6.45) is 0.211. The van der Waals surface area contributed by atoms with Crippen molar-refractivity contribution < 1.29 is 9.53 Å². The monoisotopic (exact) mass is 366 g/mol. The number of nitriles is 1. The number of rotatable bonds is 4. The van der Waals surface area contributed by atoms with Crippen LogP contribution in [0, 0.1) is 25.2 Å². The molecule has 0 aliphatic carbocycles. The molecule has 142 valence electrons. The highest BCUT2D eigenvalue weighted by Crippen LogP contribution is 2.29. The lowest BCUT2D eigenvalue weighted by Gasteiger charge is -2.34. The van der Waals surface area contributed by atoms with Gasteiger partial charge >= 0.3 is 0 Å². The van der Waals surface area contributed by atoms with Gasteiger partial charge in [-0.1, -0.05) is 18.2 Å². The van der Waals surface area contributed by atoms with Gasteiger partial charge in [-0.05, 0) is 45.4 Å². The number of morpholine rings is 1. The van der Waals surface area contributed by atoms with E-state index >= 15 is 0 Å². The van der Waals surface area contributed by atoms with Crippen LogP contribution in [0.1, 0.15) is 30.7 Å². The second-order valence-electron chi connectivity index (χ2n) is 7.22. The van der Waals surface area contributed by atoms with Crippen molar-refractivity contribution in [3.05, 3.63) is 47.2 Å². The molecule has 0 bridgehead atoms. The molecule has 1 aromatic carbocycles. The summed E-state index contributed by atoms with van der Waals surface area (Å²) in [5.41, 5.74) is 3.25.